The first-order valence-electron chi connectivity index (χ1n) is 8.19. The third-order valence-electron chi connectivity index (χ3n) is 4.90. The molecule has 23 heavy (non-hydrogen) atoms. The normalized spacial score (nSPS) is 20.3. The molecule has 1 aliphatic rings. The summed E-state index contributed by atoms with van der Waals surface area (Å²) in [5.74, 6) is 1.53. The monoisotopic (exact) mass is 345 g/mol. The summed E-state index contributed by atoms with van der Waals surface area (Å²) in [6.45, 7) is 2.06. The van der Waals surface area contributed by atoms with Crippen LogP contribution in [0.2, 0.25) is 5.02 Å². The summed E-state index contributed by atoms with van der Waals surface area (Å²) in [5, 5.41) is 4.36. The van der Waals surface area contributed by atoms with Crippen LogP contribution in [0.1, 0.15) is 52.6 Å². The number of hydrogen-bond donors (Lipinski definition) is 1. The molecule has 0 spiro atoms. The zero-order valence-electron chi connectivity index (χ0n) is 14.0. The molecule has 2 aromatic carbocycles. The van der Waals surface area contributed by atoms with Crippen LogP contribution in [0, 0.1) is 6.92 Å². The molecule has 1 nitrogen and oxygen atoms in total. The van der Waals surface area contributed by atoms with Crippen molar-refractivity contribution in [1.29, 1.82) is 0 Å². The van der Waals surface area contributed by atoms with Gasteiger partial charge >= 0.3 is 0 Å². The minimum atomic E-state index is 0.455. The molecule has 0 bridgehead atoms. The Hall–Kier alpha value is -0.960. The van der Waals surface area contributed by atoms with Gasteiger partial charge in [-0.05, 0) is 67.0 Å². The van der Waals surface area contributed by atoms with Gasteiger partial charge in [-0.3, -0.25) is 0 Å². The van der Waals surface area contributed by atoms with Crippen LogP contribution in [0.25, 0.3) is 0 Å². The van der Waals surface area contributed by atoms with Gasteiger partial charge in [-0.25, -0.2) is 0 Å². The van der Waals surface area contributed by atoms with Crippen molar-refractivity contribution in [1.82, 2.24) is 5.32 Å². The van der Waals surface area contributed by atoms with E-state index in [0.717, 1.165) is 16.3 Å². The molecule has 122 valence electrons. The van der Waals surface area contributed by atoms with Crippen molar-refractivity contribution in [2.75, 3.05) is 13.3 Å². The SMILES string of the molecule is CN[C@H]1CC[C@@H](c2ccc(C)c(Cl)c2)c2ccc(CSC)cc21. The number of thioether (sulfide) groups is 1. The lowest BCUT2D eigenvalue weighted by molar-refractivity contribution is 0.470. The van der Waals surface area contributed by atoms with Crippen LogP contribution >= 0.6 is 23.4 Å². The third-order valence-corrected chi connectivity index (χ3v) is 5.93. The highest BCUT2D eigenvalue weighted by Gasteiger charge is 2.27. The topological polar surface area (TPSA) is 12.0 Å². The molecule has 0 unspecified atom stereocenters. The lowest BCUT2D eigenvalue weighted by Crippen LogP contribution is -2.24. The summed E-state index contributed by atoms with van der Waals surface area (Å²) in [4.78, 5) is 0. The minimum Gasteiger partial charge on any atom is -0.313 e. The summed E-state index contributed by atoms with van der Waals surface area (Å²) >= 11 is 8.24. The quantitative estimate of drug-likeness (QED) is 0.763. The number of nitrogens with one attached hydrogen (secondary N) is 1. The van der Waals surface area contributed by atoms with Crippen molar-refractivity contribution < 1.29 is 0 Å². The van der Waals surface area contributed by atoms with Crippen molar-refractivity contribution in [3.63, 3.8) is 0 Å². The highest BCUT2D eigenvalue weighted by atomic mass is 35.5. The first-order valence-corrected chi connectivity index (χ1v) is 9.96. The predicted octanol–water partition coefficient (Wildman–Crippen LogP) is 5.70. The molecular weight excluding hydrogens is 322 g/mol. The zero-order chi connectivity index (χ0) is 16.4. The van der Waals surface area contributed by atoms with E-state index in [-0.39, 0.29) is 0 Å². The zero-order valence-corrected chi connectivity index (χ0v) is 15.6. The van der Waals surface area contributed by atoms with Gasteiger partial charge < -0.3 is 5.32 Å². The molecule has 1 N–H and O–H groups in total. The Labute approximate surface area is 148 Å². The minimum absolute atomic E-state index is 0.455. The molecule has 0 saturated heterocycles. The summed E-state index contributed by atoms with van der Waals surface area (Å²) in [6, 6.07) is 14.0. The molecule has 0 fully saturated rings. The Kier molecular flexibility index (Phi) is 5.35. The largest absolute Gasteiger partial charge is 0.313 e. The average Bonchev–Trinajstić information content (AvgIpc) is 2.56. The van der Waals surface area contributed by atoms with Crippen LogP contribution in [-0.4, -0.2) is 13.3 Å². The van der Waals surface area contributed by atoms with Crippen molar-refractivity contribution in [2.45, 2.75) is 37.5 Å². The maximum atomic E-state index is 6.37. The molecule has 0 aliphatic heterocycles. The van der Waals surface area contributed by atoms with Crippen molar-refractivity contribution in [3.05, 3.63) is 69.2 Å². The van der Waals surface area contributed by atoms with Gasteiger partial charge in [0.05, 0.1) is 0 Å². The molecule has 0 radical (unpaired) electrons. The van der Waals surface area contributed by atoms with Gasteiger partial charge in [0.15, 0.2) is 0 Å². The van der Waals surface area contributed by atoms with E-state index in [1.807, 2.05) is 11.8 Å². The van der Waals surface area contributed by atoms with E-state index in [1.165, 1.54) is 35.1 Å². The van der Waals surface area contributed by atoms with Crippen LogP contribution in [0.4, 0.5) is 0 Å². The van der Waals surface area contributed by atoms with Crippen LogP contribution in [-0.2, 0) is 5.75 Å². The number of halogens is 1. The standard InChI is InChI=1S/C20H24ClNS/c1-13-4-6-15(11-19(13)21)16-8-9-20(22-2)18-10-14(12-23-3)5-7-17(16)18/h4-7,10-11,16,20,22H,8-9,12H2,1-3H3/t16-,20-/m0/s1. The van der Waals surface area contributed by atoms with E-state index in [0.29, 0.717) is 12.0 Å². The highest BCUT2D eigenvalue weighted by Crippen LogP contribution is 2.42. The Morgan fingerprint density at radius 2 is 1.96 bits per heavy atom. The Bertz CT molecular complexity index is 698. The van der Waals surface area contributed by atoms with Gasteiger partial charge in [-0.15, -0.1) is 0 Å². The maximum Gasteiger partial charge on any atom is 0.0438 e. The summed E-state index contributed by atoms with van der Waals surface area (Å²) < 4.78 is 0. The molecule has 0 amide bonds. The Morgan fingerprint density at radius 1 is 1.13 bits per heavy atom. The fourth-order valence-corrected chi connectivity index (χ4v) is 4.32. The Balaban J connectivity index is 2.03. The number of hydrogen-bond acceptors (Lipinski definition) is 2. The van der Waals surface area contributed by atoms with Gasteiger partial charge in [-0.1, -0.05) is 41.9 Å². The second-order valence-corrected chi connectivity index (χ2v) is 7.65. The van der Waals surface area contributed by atoms with E-state index in [9.17, 15) is 0 Å². The molecule has 0 aromatic heterocycles. The summed E-state index contributed by atoms with van der Waals surface area (Å²) in [5.41, 5.74) is 6.83. The highest BCUT2D eigenvalue weighted by molar-refractivity contribution is 7.97. The van der Waals surface area contributed by atoms with Gasteiger partial charge in [0.25, 0.3) is 0 Å². The molecular formula is C20H24ClNS. The van der Waals surface area contributed by atoms with E-state index in [1.54, 1.807) is 0 Å². The number of fused-ring (bicyclic) bond motifs is 1. The number of aryl methyl sites for hydroxylation is 1. The lowest BCUT2D eigenvalue weighted by Gasteiger charge is -2.32. The molecule has 2 atom stereocenters. The van der Waals surface area contributed by atoms with E-state index in [2.05, 4.69) is 61.9 Å². The van der Waals surface area contributed by atoms with Gasteiger partial charge in [0.2, 0.25) is 0 Å². The van der Waals surface area contributed by atoms with Crippen molar-refractivity contribution >= 4 is 23.4 Å². The Morgan fingerprint density at radius 3 is 2.65 bits per heavy atom. The maximum absolute atomic E-state index is 6.37. The second kappa shape index (κ2) is 7.29. The first kappa shape index (κ1) is 16.9. The summed E-state index contributed by atoms with van der Waals surface area (Å²) in [7, 11) is 2.07. The van der Waals surface area contributed by atoms with Gasteiger partial charge in [0, 0.05) is 22.7 Å². The number of rotatable bonds is 4. The average molecular weight is 346 g/mol. The van der Waals surface area contributed by atoms with Crippen molar-refractivity contribution in [2.24, 2.45) is 0 Å². The fourth-order valence-electron chi connectivity index (χ4n) is 3.62. The molecule has 2 aromatic rings. The molecule has 1 aliphatic carbocycles. The molecule has 3 rings (SSSR count). The number of benzene rings is 2. The van der Waals surface area contributed by atoms with E-state index >= 15 is 0 Å². The third kappa shape index (κ3) is 3.45. The second-order valence-electron chi connectivity index (χ2n) is 6.38. The van der Waals surface area contributed by atoms with Crippen molar-refractivity contribution in [3.8, 4) is 0 Å². The van der Waals surface area contributed by atoms with Gasteiger partial charge in [0.1, 0.15) is 0 Å². The molecule has 3 heteroatoms. The predicted molar refractivity (Wildman–Crippen MR) is 103 cm³/mol. The van der Waals surface area contributed by atoms with Crippen LogP contribution < -0.4 is 5.32 Å². The first-order chi connectivity index (χ1) is 11.1. The van der Waals surface area contributed by atoms with Crippen LogP contribution in [0.3, 0.4) is 0 Å². The smallest absolute Gasteiger partial charge is 0.0438 e. The van der Waals surface area contributed by atoms with Gasteiger partial charge in [-0.2, -0.15) is 11.8 Å². The fraction of sp³-hybridized carbons (Fsp3) is 0.400. The molecule has 0 saturated carbocycles. The van der Waals surface area contributed by atoms with E-state index in [4.69, 9.17) is 11.6 Å². The lowest BCUT2D eigenvalue weighted by atomic mass is 9.76. The van der Waals surface area contributed by atoms with Crippen LogP contribution in [0.15, 0.2) is 36.4 Å². The molecule has 0 heterocycles. The van der Waals surface area contributed by atoms with Crippen LogP contribution in [0.5, 0.6) is 0 Å². The van der Waals surface area contributed by atoms with E-state index < -0.39 is 0 Å². The summed E-state index contributed by atoms with van der Waals surface area (Å²) in [6.07, 6.45) is 4.49.